The number of esters is 1. The molecule has 162 valence electrons. The topological polar surface area (TPSA) is 65.5 Å². The number of benzene rings is 1. The summed E-state index contributed by atoms with van der Waals surface area (Å²) in [5.41, 5.74) is 1.95. The lowest BCUT2D eigenvalue weighted by Gasteiger charge is -2.36. The number of hydrogen-bond donors (Lipinski definition) is 0. The normalized spacial score (nSPS) is 13.0. The Bertz CT molecular complexity index is 859. The Morgan fingerprint density at radius 3 is 2.37 bits per heavy atom. The van der Waals surface area contributed by atoms with Crippen molar-refractivity contribution in [2.45, 2.75) is 57.7 Å². The summed E-state index contributed by atoms with van der Waals surface area (Å²) >= 11 is 0. The van der Waals surface area contributed by atoms with Crippen molar-refractivity contribution in [2.24, 2.45) is 0 Å². The minimum absolute atomic E-state index is 0.161. The number of methoxy groups -OCH3 is 1. The number of ketones is 1. The molecule has 1 aromatic carbocycles. The second-order valence-corrected chi connectivity index (χ2v) is 13.8. The molecule has 0 aliphatic rings. The number of ether oxygens (including phenoxy) is 1. The molecule has 0 fully saturated rings. The van der Waals surface area contributed by atoms with Crippen LogP contribution < -0.4 is 0 Å². The summed E-state index contributed by atoms with van der Waals surface area (Å²) in [4.78, 5) is 29.9. The number of Topliss-reactive ketones (excluding diaryl/α,β-unsaturated/α-hetero) is 1. The maximum absolute atomic E-state index is 13.3. The van der Waals surface area contributed by atoms with Crippen LogP contribution in [0.15, 0.2) is 48.8 Å². The molecule has 0 aliphatic heterocycles. The van der Waals surface area contributed by atoms with Crippen LogP contribution in [-0.2, 0) is 20.4 Å². The van der Waals surface area contributed by atoms with Gasteiger partial charge >= 0.3 is 5.97 Å². The first-order valence-electron chi connectivity index (χ1n) is 10.3. The van der Waals surface area contributed by atoms with Crippen LogP contribution in [0.1, 0.15) is 54.6 Å². The zero-order valence-corrected chi connectivity index (χ0v) is 19.9. The Balaban J connectivity index is 2.17. The first-order chi connectivity index (χ1) is 14.1. The lowest BCUT2D eigenvalue weighted by atomic mass is 9.88. The average molecular weight is 428 g/mol. The van der Waals surface area contributed by atoms with E-state index in [0.717, 1.165) is 12.0 Å². The molecule has 0 saturated heterocycles. The van der Waals surface area contributed by atoms with Gasteiger partial charge in [0.15, 0.2) is 14.1 Å². The van der Waals surface area contributed by atoms with Crippen molar-refractivity contribution in [3.8, 4) is 0 Å². The number of pyridine rings is 1. The fraction of sp³-hybridized carbons (Fsp3) is 0.458. The highest BCUT2D eigenvalue weighted by Crippen LogP contribution is 2.36. The van der Waals surface area contributed by atoms with Crippen molar-refractivity contribution in [1.82, 2.24) is 4.98 Å². The third-order valence-electron chi connectivity index (χ3n) is 5.87. The van der Waals surface area contributed by atoms with Crippen LogP contribution in [-0.4, -0.2) is 38.8 Å². The van der Waals surface area contributed by atoms with Gasteiger partial charge in [-0.15, -0.1) is 0 Å². The third kappa shape index (κ3) is 5.86. The predicted octanol–water partition coefficient (Wildman–Crippen LogP) is 5.18. The molecule has 0 aliphatic carbocycles. The molecule has 0 saturated carbocycles. The monoisotopic (exact) mass is 427 g/mol. The number of aryl methyl sites for hydroxylation is 1. The van der Waals surface area contributed by atoms with Gasteiger partial charge in [-0.1, -0.05) is 51.1 Å². The molecule has 0 bridgehead atoms. The predicted molar refractivity (Wildman–Crippen MR) is 121 cm³/mol. The van der Waals surface area contributed by atoms with Gasteiger partial charge < -0.3 is 9.16 Å². The van der Waals surface area contributed by atoms with Crippen molar-refractivity contribution >= 4 is 20.1 Å². The van der Waals surface area contributed by atoms with Gasteiger partial charge in [-0.05, 0) is 48.2 Å². The molecule has 5 nitrogen and oxygen atoms in total. The van der Waals surface area contributed by atoms with Gasteiger partial charge in [0.25, 0.3) is 0 Å². The highest BCUT2D eigenvalue weighted by atomic mass is 28.4. The second-order valence-electron chi connectivity index (χ2n) is 8.98. The second kappa shape index (κ2) is 10.1. The van der Waals surface area contributed by atoms with Gasteiger partial charge in [-0.2, -0.15) is 0 Å². The van der Waals surface area contributed by atoms with Gasteiger partial charge in [0, 0.05) is 24.6 Å². The van der Waals surface area contributed by atoms with Crippen molar-refractivity contribution in [3.63, 3.8) is 0 Å². The summed E-state index contributed by atoms with van der Waals surface area (Å²) in [5, 5.41) is 0.161. The molecular formula is C24H33NO4Si. The zero-order chi connectivity index (χ0) is 22.4. The number of nitrogens with zero attached hydrogens (tertiary/aromatic N) is 1. The largest absolute Gasteiger partial charge is 0.468 e. The van der Waals surface area contributed by atoms with Gasteiger partial charge in [0.1, 0.15) is 5.92 Å². The number of aromatic nitrogens is 1. The molecule has 1 heterocycles. The molecule has 0 amide bonds. The van der Waals surface area contributed by atoms with E-state index in [1.807, 2.05) is 12.1 Å². The van der Waals surface area contributed by atoms with E-state index in [-0.39, 0.29) is 10.8 Å². The molecule has 0 unspecified atom stereocenters. The molecular weight excluding hydrogens is 394 g/mol. The molecule has 0 radical (unpaired) electrons. The van der Waals surface area contributed by atoms with Crippen LogP contribution in [0.5, 0.6) is 0 Å². The standard InChI is InChI=1S/C24H33NO4Si/c1-24(2,3)30(5,6)29-16-10-13-18-14-15-25-17-20(18)22(26)21(23(27)28-4)19-11-8-7-9-12-19/h7-9,11-12,14-15,17,21H,10,13,16H2,1-6H3/t21-/m0/s1. The van der Waals surface area contributed by atoms with Crippen molar-refractivity contribution in [1.29, 1.82) is 0 Å². The first kappa shape index (κ1) is 24.0. The van der Waals surface area contributed by atoms with Crippen LogP contribution in [0.4, 0.5) is 0 Å². The van der Waals surface area contributed by atoms with Crippen LogP contribution in [0.2, 0.25) is 18.1 Å². The molecule has 2 rings (SSSR count). The van der Waals surface area contributed by atoms with Crippen LogP contribution in [0.3, 0.4) is 0 Å². The van der Waals surface area contributed by atoms with E-state index in [2.05, 4.69) is 38.8 Å². The summed E-state index contributed by atoms with van der Waals surface area (Å²) in [6.45, 7) is 11.8. The maximum atomic E-state index is 13.3. The smallest absolute Gasteiger partial charge is 0.321 e. The Hall–Kier alpha value is -2.31. The Labute approximate surface area is 181 Å². The molecule has 0 N–H and O–H groups in total. The number of rotatable bonds is 9. The highest BCUT2D eigenvalue weighted by Gasteiger charge is 2.37. The van der Waals surface area contributed by atoms with E-state index in [0.29, 0.717) is 24.2 Å². The average Bonchev–Trinajstić information content (AvgIpc) is 2.71. The molecule has 30 heavy (non-hydrogen) atoms. The molecule has 1 aromatic heterocycles. The third-order valence-corrected chi connectivity index (χ3v) is 10.4. The maximum Gasteiger partial charge on any atom is 0.321 e. The van der Waals surface area contributed by atoms with Gasteiger partial charge in [0.2, 0.25) is 0 Å². The molecule has 2 aromatic rings. The number of hydrogen-bond acceptors (Lipinski definition) is 5. The minimum Gasteiger partial charge on any atom is -0.468 e. The van der Waals surface area contributed by atoms with E-state index >= 15 is 0 Å². The fourth-order valence-corrected chi connectivity index (χ4v) is 4.07. The van der Waals surface area contributed by atoms with E-state index in [1.54, 1.807) is 36.7 Å². The molecule has 6 heteroatoms. The summed E-state index contributed by atoms with van der Waals surface area (Å²) in [6, 6.07) is 10.8. The number of carbonyl (C=O) groups excluding carboxylic acids is 2. The van der Waals surface area contributed by atoms with Crippen molar-refractivity contribution < 1.29 is 18.8 Å². The lowest BCUT2D eigenvalue weighted by Crippen LogP contribution is -2.41. The SMILES string of the molecule is COC(=O)[C@H](C(=O)c1cnccc1CCCO[Si](C)(C)C(C)(C)C)c1ccccc1. The Morgan fingerprint density at radius 2 is 1.77 bits per heavy atom. The summed E-state index contributed by atoms with van der Waals surface area (Å²) in [5.74, 6) is -1.86. The summed E-state index contributed by atoms with van der Waals surface area (Å²) < 4.78 is 11.2. The number of carbonyl (C=O) groups is 2. The zero-order valence-electron chi connectivity index (χ0n) is 18.9. The molecule has 1 atom stereocenters. The van der Waals surface area contributed by atoms with Crippen LogP contribution in [0, 0.1) is 0 Å². The fourth-order valence-electron chi connectivity index (χ4n) is 2.98. The Kier molecular flexibility index (Phi) is 8.09. The summed E-state index contributed by atoms with van der Waals surface area (Å²) in [6.07, 6.45) is 4.70. The quantitative estimate of drug-likeness (QED) is 0.181. The van der Waals surface area contributed by atoms with Crippen LogP contribution >= 0.6 is 0 Å². The van der Waals surface area contributed by atoms with Gasteiger partial charge in [-0.3, -0.25) is 14.6 Å². The summed E-state index contributed by atoms with van der Waals surface area (Å²) in [7, 11) is -0.501. The van der Waals surface area contributed by atoms with Crippen molar-refractivity contribution in [2.75, 3.05) is 13.7 Å². The van der Waals surface area contributed by atoms with Crippen LogP contribution in [0.25, 0.3) is 0 Å². The lowest BCUT2D eigenvalue weighted by molar-refractivity contribution is -0.141. The van der Waals surface area contributed by atoms with E-state index in [9.17, 15) is 9.59 Å². The van der Waals surface area contributed by atoms with E-state index in [1.165, 1.54) is 7.11 Å². The van der Waals surface area contributed by atoms with Gasteiger partial charge in [-0.25, -0.2) is 0 Å². The first-order valence-corrected chi connectivity index (χ1v) is 13.2. The Morgan fingerprint density at radius 1 is 1.10 bits per heavy atom. The minimum atomic E-state index is -1.80. The van der Waals surface area contributed by atoms with Crippen molar-refractivity contribution in [3.05, 3.63) is 65.5 Å². The molecule has 0 spiro atoms. The van der Waals surface area contributed by atoms with E-state index < -0.39 is 20.2 Å². The highest BCUT2D eigenvalue weighted by molar-refractivity contribution is 6.74. The van der Waals surface area contributed by atoms with E-state index in [4.69, 9.17) is 9.16 Å². The van der Waals surface area contributed by atoms with Gasteiger partial charge in [0.05, 0.1) is 7.11 Å².